The first-order valence-electron chi connectivity index (χ1n) is 34.5. The average molecular weight is 1350 g/mol. The fourth-order valence-corrected chi connectivity index (χ4v) is 11.2. The fraction of sp³-hybridized carbons (Fsp3) is 0.0102. The highest BCUT2D eigenvalue weighted by atomic mass is 16.5. The van der Waals surface area contributed by atoms with Crippen molar-refractivity contribution in [2.75, 3.05) is 0 Å². The monoisotopic (exact) mass is 1350 g/mol. The van der Waals surface area contributed by atoms with E-state index < -0.39 is 0 Å². The van der Waals surface area contributed by atoms with Crippen molar-refractivity contribution >= 4 is 5.78 Å². The van der Waals surface area contributed by atoms with Gasteiger partial charge in [0.2, 0.25) is 0 Å². The number of hydrogen-bond acceptors (Lipinski definition) is 6. The zero-order valence-electron chi connectivity index (χ0n) is 57.4. The van der Waals surface area contributed by atoms with Gasteiger partial charge in [0.1, 0.15) is 57.5 Å². The number of fused-ring (bicyclic) bond motifs is 3. The molecule has 0 saturated carbocycles. The second-order valence-electron chi connectivity index (χ2n) is 23.8. The number of ketones is 1. The number of carbonyl (C=O) groups excluding carboxylic acids is 1. The molecule has 104 heavy (non-hydrogen) atoms. The van der Waals surface area contributed by atoms with E-state index in [0.29, 0.717) is 22.6 Å². The van der Waals surface area contributed by atoms with Crippen molar-refractivity contribution in [1.82, 2.24) is 0 Å². The molecule has 0 atom stereocenters. The van der Waals surface area contributed by atoms with E-state index >= 15 is 0 Å². The summed E-state index contributed by atoms with van der Waals surface area (Å²) in [5.74, 6) is 7.82. The zero-order chi connectivity index (χ0) is 70.8. The highest BCUT2D eigenvalue weighted by Crippen LogP contribution is 2.36. The zero-order valence-corrected chi connectivity index (χ0v) is 57.4. The summed E-state index contributed by atoms with van der Waals surface area (Å²) in [5.41, 5.74) is 14.6. The molecule has 16 aromatic carbocycles. The molecule has 0 aromatic heterocycles. The predicted molar refractivity (Wildman–Crippen MR) is 426 cm³/mol. The van der Waals surface area contributed by atoms with Gasteiger partial charge >= 0.3 is 0 Å². The summed E-state index contributed by atoms with van der Waals surface area (Å²) in [6.07, 6.45) is 1.10. The molecule has 0 amide bonds. The van der Waals surface area contributed by atoms with E-state index in [1.807, 2.05) is 231 Å². The van der Waals surface area contributed by atoms with Gasteiger partial charge in [-0.2, -0.15) is 0 Å². The molecule has 16 aromatic rings. The molecule has 0 N–H and O–H groups in total. The molecule has 1 aliphatic rings. The van der Waals surface area contributed by atoms with Crippen LogP contribution in [0.5, 0.6) is 57.5 Å². The largest absolute Gasteiger partial charge is 0.457 e. The molecular formula is C98H76O6. The summed E-state index contributed by atoms with van der Waals surface area (Å²) in [5, 5.41) is 0. The van der Waals surface area contributed by atoms with Gasteiger partial charge in [-0.3, -0.25) is 4.79 Å². The van der Waals surface area contributed by atoms with Crippen molar-refractivity contribution in [1.29, 1.82) is 0 Å². The third-order valence-corrected chi connectivity index (χ3v) is 16.4. The summed E-state index contributed by atoms with van der Waals surface area (Å²) in [4.78, 5) is 12.7. The molecule has 0 radical (unpaired) electrons. The number of carbonyl (C=O) groups is 1. The minimum absolute atomic E-state index is 0.0440. The van der Waals surface area contributed by atoms with Crippen LogP contribution in [-0.2, 0) is 6.42 Å². The van der Waals surface area contributed by atoms with Crippen molar-refractivity contribution in [3.8, 4) is 102 Å². The molecule has 17 rings (SSSR count). The van der Waals surface area contributed by atoms with Gasteiger partial charge in [-0.05, 0) is 208 Å². The highest BCUT2D eigenvalue weighted by Gasteiger charge is 2.16. The van der Waals surface area contributed by atoms with Gasteiger partial charge in [-0.15, -0.1) is 0 Å². The van der Waals surface area contributed by atoms with Crippen LogP contribution in [-0.4, -0.2) is 5.78 Å². The van der Waals surface area contributed by atoms with Gasteiger partial charge in [0.05, 0.1) is 0 Å². The summed E-state index contributed by atoms with van der Waals surface area (Å²) in [6, 6.07) is 148. The van der Waals surface area contributed by atoms with Gasteiger partial charge in [0.15, 0.2) is 5.78 Å². The van der Waals surface area contributed by atoms with E-state index in [-0.39, 0.29) is 5.78 Å². The lowest BCUT2D eigenvalue weighted by Crippen LogP contribution is -2.01. The Morgan fingerprint density at radius 2 is 0.327 bits per heavy atom. The van der Waals surface area contributed by atoms with Gasteiger partial charge < -0.3 is 23.7 Å². The first-order valence-corrected chi connectivity index (χ1v) is 34.5. The van der Waals surface area contributed by atoms with E-state index in [2.05, 4.69) is 170 Å². The van der Waals surface area contributed by atoms with Crippen molar-refractivity contribution in [2.45, 2.75) is 6.42 Å². The molecular weight excluding hydrogens is 1270 g/mol. The molecule has 0 unspecified atom stereocenters. The maximum absolute atomic E-state index is 12.7. The number of para-hydroxylation sites is 6. The smallest absolute Gasteiger partial charge is 0.193 e. The lowest BCUT2D eigenvalue weighted by atomic mass is 10.0. The molecule has 0 fully saturated rings. The third kappa shape index (κ3) is 21.6. The Morgan fingerprint density at radius 3 is 0.548 bits per heavy atom. The van der Waals surface area contributed by atoms with Crippen molar-refractivity contribution < 1.29 is 28.5 Å². The second-order valence-corrected chi connectivity index (χ2v) is 23.8. The molecule has 0 heterocycles. The fourth-order valence-electron chi connectivity index (χ4n) is 11.2. The number of ether oxygens (including phenoxy) is 5. The molecule has 504 valence electrons. The van der Waals surface area contributed by atoms with E-state index in [1.54, 1.807) is 48.5 Å². The molecule has 0 bridgehead atoms. The Labute approximate surface area is 610 Å². The second kappa shape index (κ2) is 38.0. The Hall–Kier alpha value is -13.8. The minimum atomic E-state index is -0.0440. The van der Waals surface area contributed by atoms with Crippen LogP contribution in [0.1, 0.15) is 27.0 Å². The number of rotatable bonds is 15. The number of benzene rings is 16. The summed E-state index contributed by atoms with van der Waals surface area (Å²) < 4.78 is 28.6. The van der Waals surface area contributed by atoms with Crippen LogP contribution in [0.2, 0.25) is 0 Å². The topological polar surface area (TPSA) is 63.2 Å². The lowest BCUT2D eigenvalue weighted by Gasteiger charge is -2.08. The molecule has 0 spiro atoms. The summed E-state index contributed by atoms with van der Waals surface area (Å²) in [7, 11) is 0. The van der Waals surface area contributed by atoms with E-state index in [9.17, 15) is 4.79 Å². The third-order valence-electron chi connectivity index (χ3n) is 16.4. The molecule has 6 heteroatoms. The molecule has 0 aliphatic heterocycles. The molecule has 6 nitrogen and oxygen atoms in total. The maximum Gasteiger partial charge on any atom is 0.193 e. The van der Waals surface area contributed by atoms with Gasteiger partial charge in [-0.25, -0.2) is 0 Å². The Morgan fingerprint density at radius 1 is 0.163 bits per heavy atom. The van der Waals surface area contributed by atoms with Crippen molar-refractivity contribution in [2.24, 2.45) is 0 Å². The Bertz CT molecular complexity index is 4770. The van der Waals surface area contributed by atoms with Crippen LogP contribution in [0.15, 0.2) is 449 Å². The van der Waals surface area contributed by atoms with E-state index in [0.717, 1.165) is 52.4 Å². The van der Waals surface area contributed by atoms with E-state index in [4.69, 9.17) is 23.7 Å². The van der Waals surface area contributed by atoms with Crippen LogP contribution in [0.25, 0.3) is 44.5 Å². The maximum atomic E-state index is 12.7. The van der Waals surface area contributed by atoms with Crippen LogP contribution in [0.3, 0.4) is 0 Å². The van der Waals surface area contributed by atoms with Crippen molar-refractivity contribution in [3.05, 3.63) is 471 Å². The lowest BCUT2D eigenvalue weighted by molar-refractivity contribution is 0.103. The molecule has 0 saturated heterocycles. The highest BCUT2D eigenvalue weighted by molar-refractivity contribution is 6.09. The van der Waals surface area contributed by atoms with Crippen LogP contribution in [0.4, 0.5) is 0 Å². The first kappa shape index (κ1) is 70.1. The van der Waals surface area contributed by atoms with Crippen LogP contribution in [0, 0.1) is 0 Å². The summed E-state index contributed by atoms with van der Waals surface area (Å²) >= 11 is 0. The Kier molecular flexibility index (Phi) is 25.6. The molecule has 1 aliphatic carbocycles. The minimum Gasteiger partial charge on any atom is -0.457 e. The van der Waals surface area contributed by atoms with E-state index in [1.165, 1.54) is 55.6 Å². The average Bonchev–Trinajstić information content (AvgIpc) is 1.64. The standard InChI is InChI=1S/C25H18O3.C18H14O2.C18H14.C13H10.C12H10O.C12H10/c26-25(19-11-15-23(16-12-19)27-21-7-3-1-4-8-21)20-13-17-24(18-14-20)28-22-9-5-2-6-10-22;1-3-7-15(8-4-1)19-17-11-13-18(14-12-17)20-16-9-5-2-6-10-16;1-3-7-15(8-4-1)17-11-13-18(14-12-17)16-9-5-2-6-10-16;1-3-7-12-10(5-1)9-11-6-2-4-8-13(11)12;1-3-7-11(8-4-1)13-12-9-5-2-6-10-12;1-3-7-11(8-4-1)12-9-5-2-6-10-12/h1-18H;1-14H;1-14H;1-8H,9H2;1-10H;1-10H. The van der Waals surface area contributed by atoms with Crippen LogP contribution < -0.4 is 23.7 Å². The summed E-state index contributed by atoms with van der Waals surface area (Å²) in [6.45, 7) is 0. The van der Waals surface area contributed by atoms with Gasteiger partial charge in [-0.1, -0.05) is 303 Å². The quantitative estimate of drug-likeness (QED) is 0.0953. The first-order chi connectivity index (χ1) is 51.5. The van der Waals surface area contributed by atoms with Crippen LogP contribution >= 0.6 is 0 Å². The normalized spacial score (nSPS) is 10.3. The Balaban J connectivity index is 0.000000121. The van der Waals surface area contributed by atoms with Crippen molar-refractivity contribution in [3.63, 3.8) is 0 Å². The van der Waals surface area contributed by atoms with Gasteiger partial charge in [0, 0.05) is 11.1 Å². The predicted octanol–water partition coefficient (Wildman–Crippen LogP) is 26.9. The number of hydrogen-bond donors (Lipinski definition) is 0. The SMILES string of the molecule is O=C(c1ccc(Oc2ccccc2)cc1)c1ccc(Oc2ccccc2)cc1.c1ccc(-c2ccc(-c3ccccc3)cc2)cc1.c1ccc(-c2ccccc2)cc1.c1ccc(Oc2ccc(Oc3ccccc3)cc2)cc1.c1ccc(Oc2ccccc2)cc1.c1ccc2c(c1)Cc1ccccc1-2. The van der Waals surface area contributed by atoms with Gasteiger partial charge in [0.25, 0.3) is 0 Å².